The summed E-state index contributed by atoms with van der Waals surface area (Å²) in [6.07, 6.45) is 1.36. The molecule has 0 N–H and O–H groups in total. The van der Waals surface area contributed by atoms with Crippen LogP contribution in [0.15, 0.2) is 64.9 Å². The van der Waals surface area contributed by atoms with Gasteiger partial charge in [0.15, 0.2) is 0 Å². The summed E-state index contributed by atoms with van der Waals surface area (Å²) in [5.74, 6) is 0.988. The smallest absolute Gasteiger partial charge is 0.243 e. The summed E-state index contributed by atoms with van der Waals surface area (Å²) in [5, 5.41) is 2.05. The fourth-order valence-electron chi connectivity index (χ4n) is 4.75. The van der Waals surface area contributed by atoms with E-state index in [0.29, 0.717) is 25.5 Å². The molecule has 0 unspecified atom stereocenters. The van der Waals surface area contributed by atoms with E-state index in [0.717, 1.165) is 23.3 Å². The van der Waals surface area contributed by atoms with Crippen LogP contribution in [-0.4, -0.2) is 49.3 Å². The third-order valence-electron chi connectivity index (χ3n) is 7.37. The molecule has 1 aliphatic rings. The lowest BCUT2D eigenvalue weighted by atomic mass is 10.00. The zero-order valence-corrected chi connectivity index (χ0v) is 24.5. The number of nitrogens with zero attached hydrogens (tertiary/aromatic N) is 2. The number of sulfonamides is 1. The van der Waals surface area contributed by atoms with Gasteiger partial charge in [-0.1, -0.05) is 50.6 Å². The molecule has 2 aromatic carbocycles. The Labute approximate surface area is 231 Å². The zero-order valence-electron chi connectivity index (χ0n) is 22.9. The van der Waals surface area contributed by atoms with Gasteiger partial charge in [0, 0.05) is 17.5 Å². The molecule has 1 aromatic heterocycles. The van der Waals surface area contributed by atoms with E-state index in [9.17, 15) is 13.2 Å². The molecular weight excluding hydrogens is 516 g/mol. The van der Waals surface area contributed by atoms with E-state index in [-0.39, 0.29) is 29.4 Å². The number of hydrogen-bond acceptors (Lipinski definition) is 5. The van der Waals surface area contributed by atoms with Crippen LogP contribution in [0.1, 0.15) is 67.6 Å². The monoisotopic (exact) mass is 554 g/mol. The van der Waals surface area contributed by atoms with Gasteiger partial charge in [0.2, 0.25) is 15.9 Å². The average Bonchev–Trinajstić information content (AvgIpc) is 3.39. The summed E-state index contributed by atoms with van der Waals surface area (Å²) in [4.78, 5) is 17.1. The van der Waals surface area contributed by atoms with Crippen molar-refractivity contribution >= 4 is 27.3 Å². The molecule has 6 nitrogen and oxygen atoms in total. The second kappa shape index (κ2) is 12.0. The van der Waals surface area contributed by atoms with Crippen molar-refractivity contribution in [2.45, 2.75) is 70.4 Å². The van der Waals surface area contributed by atoms with E-state index in [1.807, 2.05) is 32.9 Å². The van der Waals surface area contributed by atoms with Gasteiger partial charge in [0.05, 0.1) is 17.5 Å². The minimum absolute atomic E-state index is 0.204. The maximum Gasteiger partial charge on any atom is 0.243 e. The fraction of sp³-hybridized carbons (Fsp3) is 0.433. The van der Waals surface area contributed by atoms with Gasteiger partial charge in [0.25, 0.3) is 0 Å². The maximum absolute atomic E-state index is 13.8. The molecule has 4 rings (SSSR count). The first-order valence-corrected chi connectivity index (χ1v) is 15.6. The normalized spacial score (nSPS) is 16.5. The van der Waals surface area contributed by atoms with Crippen molar-refractivity contribution in [3.8, 4) is 5.75 Å². The van der Waals surface area contributed by atoms with Crippen molar-refractivity contribution in [2.75, 3.05) is 19.7 Å². The van der Waals surface area contributed by atoms with Gasteiger partial charge < -0.3 is 9.64 Å². The molecule has 0 spiro atoms. The Hall–Kier alpha value is -2.68. The van der Waals surface area contributed by atoms with Crippen molar-refractivity contribution in [2.24, 2.45) is 0 Å². The molecule has 0 saturated heterocycles. The number of fused-ring (bicyclic) bond motifs is 1. The molecule has 0 radical (unpaired) electrons. The Bertz CT molecular complexity index is 1330. The Morgan fingerprint density at radius 2 is 1.76 bits per heavy atom. The van der Waals surface area contributed by atoms with Crippen LogP contribution in [0.2, 0.25) is 0 Å². The standard InChI is InChI=1S/C30H38N2O4S2/c1-6-23(5)32(38(34,35)26-13-7-22(4)8-14-26)19-30(33)31-17-15-29-27(16-18-37-29)28(31)20-36-25-11-9-24(10-12-25)21(2)3/h7-14,16,18,21,23,28H,6,15,17,19-20H2,1-5H3/t23-,28-/m0/s1. The third kappa shape index (κ3) is 6.14. The first-order valence-electron chi connectivity index (χ1n) is 13.3. The summed E-state index contributed by atoms with van der Waals surface area (Å²) in [7, 11) is -3.84. The summed E-state index contributed by atoms with van der Waals surface area (Å²) in [6.45, 7) is 10.7. The maximum atomic E-state index is 13.8. The van der Waals surface area contributed by atoms with Crippen LogP contribution >= 0.6 is 11.3 Å². The van der Waals surface area contributed by atoms with Gasteiger partial charge in [-0.2, -0.15) is 4.31 Å². The van der Waals surface area contributed by atoms with Gasteiger partial charge in [-0.15, -0.1) is 11.3 Å². The number of benzene rings is 2. The highest BCUT2D eigenvalue weighted by Crippen LogP contribution is 2.34. The molecular formula is C30H38N2O4S2. The number of amides is 1. The second-order valence-corrected chi connectivity index (χ2v) is 13.2. The van der Waals surface area contributed by atoms with Crippen LogP contribution in [0, 0.1) is 6.92 Å². The van der Waals surface area contributed by atoms with Crippen LogP contribution in [0.5, 0.6) is 5.75 Å². The quantitative estimate of drug-likeness (QED) is 0.300. The topological polar surface area (TPSA) is 66.9 Å². The number of carbonyl (C=O) groups excluding carboxylic acids is 1. The SMILES string of the molecule is CC[C@H](C)N(CC(=O)N1CCc2sccc2[C@@H]1COc1ccc(C(C)C)cc1)S(=O)(=O)c1ccc(C)cc1. The number of thiophene rings is 1. The molecule has 0 aliphatic carbocycles. The van der Waals surface area contributed by atoms with Gasteiger partial charge in [-0.05, 0) is 79.4 Å². The van der Waals surface area contributed by atoms with E-state index in [1.165, 1.54) is 14.7 Å². The van der Waals surface area contributed by atoms with Crippen LogP contribution in [0.3, 0.4) is 0 Å². The number of rotatable bonds is 10. The van der Waals surface area contributed by atoms with Crippen LogP contribution in [0.4, 0.5) is 0 Å². The third-order valence-corrected chi connectivity index (χ3v) is 10.3. The summed E-state index contributed by atoms with van der Waals surface area (Å²) in [6, 6.07) is 16.3. The fourth-order valence-corrected chi connectivity index (χ4v) is 7.33. The number of carbonyl (C=O) groups is 1. The van der Waals surface area contributed by atoms with Crippen molar-refractivity contribution in [1.82, 2.24) is 9.21 Å². The molecule has 2 heterocycles. The molecule has 8 heteroatoms. The number of hydrogen-bond donors (Lipinski definition) is 0. The lowest BCUT2D eigenvalue weighted by Gasteiger charge is -2.37. The van der Waals surface area contributed by atoms with Crippen molar-refractivity contribution in [3.05, 3.63) is 81.5 Å². The molecule has 38 heavy (non-hydrogen) atoms. The van der Waals surface area contributed by atoms with E-state index in [1.54, 1.807) is 40.5 Å². The molecule has 2 atom stereocenters. The Kier molecular flexibility index (Phi) is 8.96. The minimum atomic E-state index is -3.84. The van der Waals surface area contributed by atoms with E-state index >= 15 is 0 Å². The Morgan fingerprint density at radius 1 is 1.08 bits per heavy atom. The molecule has 0 bridgehead atoms. The predicted octanol–water partition coefficient (Wildman–Crippen LogP) is 6.17. The van der Waals surface area contributed by atoms with Gasteiger partial charge in [-0.25, -0.2) is 8.42 Å². The number of aryl methyl sites for hydroxylation is 1. The largest absolute Gasteiger partial charge is 0.491 e. The first-order chi connectivity index (χ1) is 18.1. The molecule has 0 saturated carbocycles. The minimum Gasteiger partial charge on any atom is -0.491 e. The highest BCUT2D eigenvalue weighted by Gasteiger charge is 2.36. The van der Waals surface area contributed by atoms with Crippen molar-refractivity contribution in [3.63, 3.8) is 0 Å². The zero-order chi connectivity index (χ0) is 27.4. The highest BCUT2D eigenvalue weighted by molar-refractivity contribution is 7.89. The van der Waals surface area contributed by atoms with Gasteiger partial charge >= 0.3 is 0 Å². The molecule has 0 fully saturated rings. The first kappa shape index (κ1) is 28.3. The van der Waals surface area contributed by atoms with E-state index < -0.39 is 10.0 Å². The van der Waals surface area contributed by atoms with E-state index in [2.05, 4.69) is 37.4 Å². The van der Waals surface area contributed by atoms with E-state index in [4.69, 9.17) is 4.74 Å². The summed E-state index contributed by atoms with van der Waals surface area (Å²) >= 11 is 1.69. The van der Waals surface area contributed by atoms with Crippen molar-refractivity contribution < 1.29 is 17.9 Å². The van der Waals surface area contributed by atoms with Crippen molar-refractivity contribution in [1.29, 1.82) is 0 Å². The number of ether oxygens (including phenoxy) is 1. The second-order valence-electron chi connectivity index (χ2n) is 10.3. The molecule has 1 aliphatic heterocycles. The Balaban J connectivity index is 1.56. The van der Waals surface area contributed by atoms with Gasteiger partial charge in [0.1, 0.15) is 12.4 Å². The predicted molar refractivity (Wildman–Crippen MR) is 153 cm³/mol. The lowest BCUT2D eigenvalue weighted by molar-refractivity contribution is -0.135. The lowest BCUT2D eigenvalue weighted by Crippen LogP contribution is -2.49. The van der Waals surface area contributed by atoms with Crippen LogP contribution in [-0.2, 0) is 21.2 Å². The summed E-state index contributed by atoms with van der Waals surface area (Å²) < 4.78 is 34.8. The molecule has 3 aromatic rings. The Morgan fingerprint density at radius 3 is 2.39 bits per heavy atom. The highest BCUT2D eigenvalue weighted by atomic mass is 32.2. The average molecular weight is 555 g/mol. The van der Waals surface area contributed by atoms with Gasteiger partial charge in [-0.3, -0.25) is 4.79 Å². The van der Waals surface area contributed by atoms with Crippen LogP contribution < -0.4 is 4.74 Å². The summed E-state index contributed by atoms with van der Waals surface area (Å²) in [5.41, 5.74) is 3.31. The molecule has 1 amide bonds. The van der Waals surface area contributed by atoms with Crippen LogP contribution in [0.25, 0.3) is 0 Å². The molecule has 204 valence electrons.